The summed E-state index contributed by atoms with van der Waals surface area (Å²) in [5.74, 6) is -2.67. The minimum absolute atomic E-state index is 0.0639. The molecule has 6 heteroatoms. The fraction of sp³-hybridized carbons (Fsp3) is 0.871. The van der Waals surface area contributed by atoms with Crippen LogP contribution in [0.3, 0.4) is 0 Å². The number of hydrogen-bond acceptors (Lipinski definition) is 2. The third-order valence-corrected chi connectivity index (χ3v) is 10.4. The van der Waals surface area contributed by atoms with Gasteiger partial charge in [-0.25, -0.2) is 17.6 Å². The maximum atomic E-state index is 15.3. The Morgan fingerprint density at radius 3 is 1.81 bits per heavy atom. The number of allylic oxidation sites excluding steroid dienone is 3. The van der Waals surface area contributed by atoms with E-state index >= 15 is 8.78 Å². The molecule has 0 aromatic carbocycles. The molecule has 0 amide bonds. The summed E-state index contributed by atoms with van der Waals surface area (Å²) in [5, 5.41) is 10.7. The van der Waals surface area contributed by atoms with Crippen molar-refractivity contribution >= 4 is 0 Å². The van der Waals surface area contributed by atoms with E-state index < -0.39 is 35.7 Å². The van der Waals surface area contributed by atoms with E-state index in [0.29, 0.717) is 51.4 Å². The molecular formula is C31H48F4O2. The maximum Gasteiger partial charge on any atom is 0.160 e. The highest BCUT2D eigenvalue weighted by Gasteiger charge is 2.42. The quantitative estimate of drug-likeness (QED) is 0.238. The molecule has 0 aromatic rings. The SMILES string of the molecule is CCCC[C@H]1CC[C@@H](O[C@H](O)C2CCC([C@H]3CC[C@@H](C4CCC(CC)CC4)C(F)=C3F)CC2)C(F)=C1F. The number of halogens is 4. The number of rotatable bonds is 9. The maximum absolute atomic E-state index is 15.3. The summed E-state index contributed by atoms with van der Waals surface area (Å²) < 4.78 is 65.2. The molecule has 5 atom stereocenters. The first-order valence-electron chi connectivity index (χ1n) is 15.3. The first kappa shape index (κ1) is 29.1. The van der Waals surface area contributed by atoms with Crippen molar-refractivity contribution in [2.45, 2.75) is 129 Å². The largest absolute Gasteiger partial charge is 0.368 e. The number of unbranched alkanes of at least 4 members (excludes halogenated alkanes) is 1. The Morgan fingerprint density at radius 1 is 0.703 bits per heavy atom. The first-order valence-corrected chi connectivity index (χ1v) is 15.3. The fourth-order valence-electron chi connectivity index (χ4n) is 7.77. The van der Waals surface area contributed by atoms with E-state index in [9.17, 15) is 13.9 Å². The van der Waals surface area contributed by atoms with E-state index in [0.717, 1.165) is 50.9 Å². The Bertz CT molecular complexity index is 795. The van der Waals surface area contributed by atoms with Crippen molar-refractivity contribution < 1.29 is 27.4 Å². The zero-order valence-corrected chi connectivity index (χ0v) is 22.9. The molecule has 0 unspecified atom stereocenters. The summed E-state index contributed by atoms with van der Waals surface area (Å²) in [4.78, 5) is 0. The lowest BCUT2D eigenvalue weighted by Crippen LogP contribution is -2.35. The lowest BCUT2D eigenvalue weighted by atomic mass is 9.67. The Balaban J connectivity index is 1.27. The van der Waals surface area contributed by atoms with Gasteiger partial charge in [-0.05, 0) is 88.4 Å². The van der Waals surface area contributed by atoms with Crippen LogP contribution in [0, 0.1) is 41.4 Å². The van der Waals surface area contributed by atoms with Gasteiger partial charge in [0.15, 0.2) is 12.1 Å². The van der Waals surface area contributed by atoms with Crippen LogP contribution < -0.4 is 0 Å². The second-order valence-electron chi connectivity index (χ2n) is 12.5. The van der Waals surface area contributed by atoms with Gasteiger partial charge in [-0.2, -0.15) is 0 Å². The van der Waals surface area contributed by atoms with Crippen molar-refractivity contribution in [2.75, 3.05) is 0 Å². The van der Waals surface area contributed by atoms with Crippen LogP contribution in [0.15, 0.2) is 23.3 Å². The Hall–Kier alpha value is -0.880. The number of hydrogen-bond donors (Lipinski definition) is 1. The minimum Gasteiger partial charge on any atom is -0.368 e. The average Bonchev–Trinajstić information content (AvgIpc) is 2.92. The molecule has 0 aromatic heterocycles. The van der Waals surface area contributed by atoms with Gasteiger partial charge in [0, 0.05) is 23.7 Å². The minimum atomic E-state index is -1.16. The molecule has 0 bridgehead atoms. The molecule has 2 saturated carbocycles. The van der Waals surface area contributed by atoms with Gasteiger partial charge in [-0.15, -0.1) is 0 Å². The zero-order chi connectivity index (χ0) is 26.5. The van der Waals surface area contributed by atoms with Crippen molar-refractivity contribution in [3.8, 4) is 0 Å². The standard InChI is InChI=1S/C31H48F4O2/c1-3-5-6-22-15-18-26(30(35)27(22)32)37-31(36)23-13-11-21(12-14-23)25-17-16-24(28(33)29(25)34)20-9-7-19(4-2)8-10-20/h19-26,31,36H,3-18H2,1-2H3/t19?,20?,21?,22-,23?,24-,25+,26+,31-/m0/s1. The van der Waals surface area contributed by atoms with Gasteiger partial charge in [-0.1, -0.05) is 46.0 Å². The van der Waals surface area contributed by atoms with Gasteiger partial charge in [0.05, 0.1) is 0 Å². The van der Waals surface area contributed by atoms with Crippen LogP contribution in [0.4, 0.5) is 17.6 Å². The van der Waals surface area contributed by atoms with Gasteiger partial charge in [0.1, 0.15) is 23.6 Å². The number of aliphatic hydroxyl groups is 1. The molecule has 2 nitrogen and oxygen atoms in total. The van der Waals surface area contributed by atoms with E-state index in [1.54, 1.807) is 0 Å². The van der Waals surface area contributed by atoms with E-state index in [1.807, 2.05) is 6.92 Å². The van der Waals surface area contributed by atoms with Gasteiger partial charge < -0.3 is 9.84 Å². The van der Waals surface area contributed by atoms with Crippen molar-refractivity contribution in [1.29, 1.82) is 0 Å². The van der Waals surface area contributed by atoms with Crippen molar-refractivity contribution in [2.24, 2.45) is 41.4 Å². The highest BCUT2D eigenvalue weighted by Crippen LogP contribution is 2.50. The normalized spacial score (nSPS) is 38.7. The molecule has 4 rings (SSSR count). The third-order valence-electron chi connectivity index (χ3n) is 10.4. The fourth-order valence-corrected chi connectivity index (χ4v) is 7.77. The molecule has 0 heterocycles. The van der Waals surface area contributed by atoms with Crippen LogP contribution in [0.5, 0.6) is 0 Å². The summed E-state index contributed by atoms with van der Waals surface area (Å²) in [6, 6.07) is 0. The molecule has 0 radical (unpaired) electrons. The molecule has 1 N–H and O–H groups in total. The predicted molar refractivity (Wildman–Crippen MR) is 139 cm³/mol. The van der Waals surface area contributed by atoms with Gasteiger partial charge in [0.25, 0.3) is 0 Å². The van der Waals surface area contributed by atoms with Crippen LogP contribution in [0.2, 0.25) is 0 Å². The Morgan fingerprint density at radius 2 is 1.27 bits per heavy atom. The summed E-state index contributed by atoms with van der Waals surface area (Å²) in [7, 11) is 0. The summed E-state index contributed by atoms with van der Waals surface area (Å²) >= 11 is 0. The predicted octanol–water partition coefficient (Wildman–Crippen LogP) is 9.64. The molecule has 0 saturated heterocycles. The van der Waals surface area contributed by atoms with Crippen molar-refractivity contribution in [3.63, 3.8) is 0 Å². The van der Waals surface area contributed by atoms with Crippen molar-refractivity contribution in [3.05, 3.63) is 23.3 Å². The second-order valence-corrected chi connectivity index (χ2v) is 12.5. The van der Waals surface area contributed by atoms with Crippen LogP contribution in [-0.2, 0) is 4.74 Å². The lowest BCUT2D eigenvalue weighted by Gasteiger charge is -2.40. The molecule has 0 aliphatic heterocycles. The van der Waals surface area contributed by atoms with Gasteiger partial charge in [0.2, 0.25) is 0 Å². The zero-order valence-electron chi connectivity index (χ0n) is 22.9. The first-order chi connectivity index (χ1) is 17.8. The molecule has 4 aliphatic rings. The van der Waals surface area contributed by atoms with Crippen LogP contribution in [0.1, 0.15) is 117 Å². The molecule has 37 heavy (non-hydrogen) atoms. The molecular weight excluding hydrogens is 480 g/mol. The van der Waals surface area contributed by atoms with Gasteiger partial charge in [-0.3, -0.25) is 0 Å². The smallest absolute Gasteiger partial charge is 0.160 e. The van der Waals surface area contributed by atoms with Crippen molar-refractivity contribution in [1.82, 2.24) is 0 Å². The van der Waals surface area contributed by atoms with E-state index in [2.05, 4.69) is 6.92 Å². The molecule has 212 valence electrons. The number of aliphatic hydroxyl groups excluding tert-OH is 1. The highest BCUT2D eigenvalue weighted by molar-refractivity contribution is 5.15. The lowest BCUT2D eigenvalue weighted by molar-refractivity contribution is -0.172. The summed E-state index contributed by atoms with van der Waals surface area (Å²) in [6.45, 7) is 4.24. The van der Waals surface area contributed by atoms with E-state index in [1.165, 1.54) is 6.42 Å². The average molecular weight is 529 g/mol. The Labute approximate surface area is 221 Å². The van der Waals surface area contributed by atoms with Crippen LogP contribution in [-0.4, -0.2) is 17.5 Å². The number of ether oxygens (including phenoxy) is 1. The summed E-state index contributed by atoms with van der Waals surface area (Å²) in [5.41, 5.74) is 0. The third kappa shape index (κ3) is 6.83. The monoisotopic (exact) mass is 528 g/mol. The molecule has 4 aliphatic carbocycles. The van der Waals surface area contributed by atoms with Crippen LogP contribution in [0.25, 0.3) is 0 Å². The van der Waals surface area contributed by atoms with E-state index in [4.69, 9.17) is 4.74 Å². The summed E-state index contributed by atoms with van der Waals surface area (Å²) in [6.07, 6.45) is 10.7. The second kappa shape index (κ2) is 13.5. The molecule has 0 spiro atoms. The van der Waals surface area contributed by atoms with E-state index in [-0.39, 0.29) is 35.5 Å². The molecule has 2 fully saturated rings. The highest BCUT2D eigenvalue weighted by atomic mass is 19.2. The topological polar surface area (TPSA) is 29.5 Å². The van der Waals surface area contributed by atoms with Gasteiger partial charge >= 0.3 is 0 Å². The van der Waals surface area contributed by atoms with Crippen LogP contribution >= 0.6 is 0 Å². The Kier molecular flexibility index (Phi) is 10.6.